The second-order valence-corrected chi connectivity index (χ2v) is 12.0. The Morgan fingerprint density at radius 3 is 2.07 bits per heavy atom. The van der Waals surface area contributed by atoms with E-state index in [-0.39, 0.29) is 5.69 Å². The number of aryl methyl sites for hydroxylation is 3. The van der Waals surface area contributed by atoms with Crippen molar-refractivity contribution in [2.75, 3.05) is 0 Å². The molecule has 0 saturated carbocycles. The molecule has 9 heteroatoms. The molecule has 0 aliphatic rings. The minimum atomic E-state index is -4.64. The van der Waals surface area contributed by atoms with Gasteiger partial charge in [0.05, 0.1) is 22.8 Å². The number of aromatic nitrogens is 2. The van der Waals surface area contributed by atoms with E-state index in [2.05, 4.69) is 43.2 Å². The summed E-state index contributed by atoms with van der Waals surface area (Å²) >= 11 is 7.00. The van der Waals surface area contributed by atoms with Gasteiger partial charge in [0.2, 0.25) is 0 Å². The van der Waals surface area contributed by atoms with Crippen LogP contribution in [-0.2, 0) is 11.3 Å². The maximum atomic E-state index is 13.8. The number of rotatable bonds is 3. The van der Waals surface area contributed by atoms with E-state index in [0.29, 0.717) is 28.2 Å². The Bertz CT molecular complexity index is 1000. The SMILES string of the molecule is Cc1cc(C)c(N=C(c2cccc(-c3ccccn3)n2)C(F)(F)F)c(C)c1.[Br][Fe][Br]. The van der Waals surface area contributed by atoms with Crippen LogP contribution in [0.2, 0.25) is 0 Å². The van der Waals surface area contributed by atoms with Gasteiger partial charge in [-0.15, -0.1) is 0 Å². The Kier molecular flexibility index (Phi) is 9.22. The Morgan fingerprint density at radius 2 is 1.53 bits per heavy atom. The third-order valence-electron chi connectivity index (χ3n) is 4.05. The maximum absolute atomic E-state index is 13.8. The Morgan fingerprint density at radius 1 is 0.933 bits per heavy atom. The van der Waals surface area contributed by atoms with E-state index in [1.807, 2.05) is 19.1 Å². The summed E-state index contributed by atoms with van der Waals surface area (Å²) in [7, 11) is 0. The zero-order valence-electron chi connectivity index (χ0n) is 16.3. The summed E-state index contributed by atoms with van der Waals surface area (Å²) in [6, 6.07) is 13.3. The molecule has 0 N–H and O–H groups in total. The molecule has 3 aromatic rings. The van der Waals surface area contributed by atoms with Gasteiger partial charge in [-0.2, -0.15) is 13.2 Å². The normalized spacial score (nSPS) is 11.8. The average Bonchev–Trinajstić information content (AvgIpc) is 2.68. The molecule has 30 heavy (non-hydrogen) atoms. The predicted molar refractivity (Wildman–Crippen MR) is 118 cm³/mol. The zero-order chi connectivity index (χ0) is 22.3. The first-order chi connectivity index (χ1) is 14.2. The third kappa shape index (κ3) is 6.74. The van der Waals surface area contributed by atoms with Crippen LogP contribution in [0.3, 0.4) is 0 Å². The number of hydrogen-bond donors (Lipinski definition) is 0. The van der Waals surface area contributed by atoms with Crippen LogP contribution in [-0.4, -0.2) is 21.9 Å². The van der Waals surface area contributed by atoms with E-state index < -0.39 is 11.9 Å². The quantitative estimate of drug-likeness (QED) is 0.237. The summed E-state index contributed by atoms with van der Waals surface area (Å²) in [5, 5.41) is 0. The van der Waals surface area contributed by atoms with Gasteiger partial charge in [-0.25, -0.2) is 9.98 Å². The van der Waals surface area contributed by atoms with E-state index in [9.17, 15) is 13.2 Å². The van der Waals surface area contributed by atoms with Crippen molar-refractivity contribution in [3.05, 3.63) is 77.1 Å². The van der Waals surface area contributed by atoms with Crippen molar-refractivity contribution in [2.45, 2.75) is 26.9 Å². The second-order valence-electron chi connectivity index (χ2n) is 6.38. The third-order valence-corrected chi connectivity index (χ3v) is 4.05. The molecule has 0 radical (unpaired) electrons. The zero-order valence-corrected chi connectivity index (χ0v) is 20.6. The molecule has 0 atom stereocenters. The van der Waals surface area contributed by atoms with Gasteiger partial charge in [0, 0.05) is 6.20 Å². The van der Waals surface area contributed by atoms with Crippen molar-refractivity contribution in [1.29, 1.82) is 0 Å². The van der Waals surface area contributed by atoms with E-state index >= 15 is 0 Å². The van der Waals surface area contributed by atoms with Gasteiger partial charge in [-0.3, -0.25) is 4.98 Å². The second kappa shape index (κ2) is 11.2. The topological polar surface area (TPSA) is 38.1 Å². The molecule has 160 valence electrons. The number of halogens is 5. The summed E-state index contributed by atoms with van der Waals surface area (Å²) in [6.45, 7) is 5.41. The van der Waals surface area contributed by atoms with Crippen LogP contribution in [0.5, 0.6) is 0 Å². The Balaban J connectivity index is 0.00000101. The standard InChI is InChI=1S/C21H18F3N3.2BrH.Fe/c1-13-11-14(2)19(15(3)12-13)27-20(21(22,23)24)18-9-6-8-17(26-18)16-7-4-5-10-25-16;;;/h4-12H,1-3H3;2*1H;/q;;;+2/p-2. The van der Waals surface area contributed by atoms with Gasteiger partial charge >= 0.3 is 45.7 Å². The van der Waals surface area contributed by atoms with Crippen LogP contribution in [0.25, 0.3) is 11.4 Å². The summed E-state index contributed by atoms with van der Waals surface area (Å²) in [6.07, 6.45) is -3.07. The van der Waals surface area contributed by atoms with Crippen molar-refractivity contribution in [3.8, 4) is 11.4 Å². The van der Waals surface area contributed by atoms with Gasteiger partial charge in [0.25, 0.3) is 0 Å². The molecule has 2 aromatic heterocycles. The molecular formula is C21H18Br2F3FeN3. The molecule has 3 rings (SSSR count). The fraction of sp³-hybridized carbons (Fsp3) is 0.190. The van der Waals surface area contributed by atoms with Crippen LogP contribution < -0.4 is 0 Å². The van der Waals surface area contributed by atoms with E-state index in [1.165, 1.54) is 12.1 Å². The van der Waals surface area contributed by atoms with Crippen LogP contribution in [0.1, 0.15) is 22.4 Å². The van der Waals surface area contributed by atoms with Gasteiger partial charge < -0.3 is 0 Å². The molecule has 0 saturated heterocycles. The van der Waals surface area contributed by atoms with Crippen molar-refractivity contribution in [1.82, 2.24) is 9.97 Å². The summed E-state index contributed by atoms with van der Waals surface area (Å²) < 4.78 is 41.3. The average molecular weight is 585 g/mol. The molecule has 0 fully saturated rings. The van der Waals surface area contributed by atoms with Gasteiger partial charge in [0.15, 0.2) is 5.71 Å². The molecule has 0 bridgehead atoms. The molecule has 1 aromatic carbocycles. The van der Waals surface area contributed by atoms with E-state index in [0.717, 1.165) is 16.9 Å². The molecule has 2 heterocycles. The van der Waals surface area contributed by atoms with Gasteiger partial charge in [0.1, 0.15) is 0 Å². The molecule has 0 aliphatic heterocycles. The number of alkyl halides is 3. The Labute approximate surface area is 193 Å². The first-order valence-electron chi connectivity index (χ1n) is 8.65. The predicted octanol–water partition coefficient (Wildman–Crippen LogP) is 7.44. The number of benzene rings is 1. The minimum absolute atomic E-state index is 0.231. The molecule has 0 spiro atoms. The fourth-order valence-electron chi connectivity index (χ4n) is 2.95. The van der Waals surface area contributed by atoms with Crippen molar-refractivity contribution in [2.24, 2.45) is 4.99 Å². The summed E-state index contributed by atoms with van der Waals surface area (Å²) in [4.78, 5) is 12.3. The first kappa shape index (κ1) is 24.7. The molecule has 3 nitrogen and oxygen atoms in total. The number of hydrogen-bond acceptors (Lipinski definition) is 3. The van der Waals surface area contributed by atoms with Crippen molar-refractivity contribution >= 4 is 39.6 Å². The van der Waals surface area contributed by atoms with E-state index in [4.69, 9.17) is 0 Å². The molecule has 0 amide bonds. The number of nitrogens with zero attached hydrogens (tertiary/aromatic N) is 3. The van der Waals surface area contributed by atoms with Crippen molar-refractivity contribution in [3.63, 3.8) is 0 Å². The number of pyridine rings is 2. The molecule has 0 unspecified atom stereocenters. The summed E-state index contributed by atoms with van der Waals surface area (Å²) in [5.41, 5.74) is 2.29. The van der Waals surface area contributed by atoms with Crippen LogP contribution in [0.15, 0.2) is 59.7 Å². The van der Waals surface area contributed by atoms with Gasteiger partial charge in [-0.05, 0) is 56.2 Å². The molecular weight excluding hydrogens is 567 g/mol. The fourth-order valence-corrected chi connectivity index (χ4v) is 2.95. The van der Waals surface area contributed by atoms with Crippen molar-refractivity contribution < 1.29 is 24.5 Å². The monoisotopic (exact) mass is 583 g/mol. The first-order valence-corrected chi connectivity index (χ1v) is 14.1. The van der Waals surface area contributed by atoms with Crippen LogP contribution in [0.4, 0.5) is 18.9 Å². The number of aliphatic imine (C=N–C) groups is 1. The molecule has 0 aliphatic carbocycles. The van der Waals surface area contributed by atoms with Crippen LogP contribution in [0, 0.1) is 20.8 Å². The Hall–Kier alpha value is -1.54. The van der Waals surface area contributed by atoms with E-state index in [1.54, 1.807) is 44.3 Å². The van der Waals surface area contributed by atoms with Gasteiger partial charge in [-0.1, -0.05) is 29.8 Å². The van der Waals surface area contributed by atoms with Crippen LogP contribution >= 0.6 is 28.2 Å². The summed E-state index contributed by atoms with van der Waals surface area (Å²) in [5.74, 6) is 0.